The summed E-state index contributed by atoms with van der Waals surface area (Å²) in [5, 5.41) is 14.2. The first-order chi connectivity index (χ1) is 15.9. The van der Waals surface area contributed by atoms with Gasteiger partial charge in [0.1, 0.15) is 12.6 Å². The molecule has 2 amide bonds. The first-order valence-electron chi connectivity index (χ1n) is 10.6. The zero-order valence-electron chi connectivity index (χ0n) is 18.2. The Morgan fingerprint density at radius 3 is 2.24 bits per heavy atom. The molecule has 0 bridgehead atoms. The molecule has 170 valence electrons. The summed E-state index contributed by atoms with van der Waals surface area (Å²) in [7, 11) is 1.86. The number of fused-ring (bicyclic) bond motifs is 3. The molecule has 1 heterocycles. The number of aliphatic carboxylic acids is 1. The third-order valence-electron chi connectivity index (χ3n) is 5.69. The number of carboxylic acid groups (broad SMARTS) is 1. The molecule has 33 heavy (non-hydrogen) atoms. The van der Waals surface area contributed by atoms with E-state index in [0.29, 0.717) is 0 Å². The molecule has 8 nitrogen and oxygen atoms in total. The molecule has 1 aliphatic rings. The summed E-state index contributed by atoms with van der Waals surface area (Å²) in [6, 6.07) is 16.5. The largest absolute Gasteiger partial charge is 0.481 e. The zero-order chi connectivity index (χ0) is 23.4. The number of benzene rings is 2. The molecule has 3 N–H and O–H groups in total. The van der Waals surface area contributed by atoms with Crippen molar-refractivity contribution in [3.8, 4) is 11.1 Å². The Hall–Kier alpha value is -4.07. The monoisotopic (exact) mass is 447 g/mol. The van der Waals surface area contributed by atoms with E-state index in [4.69, 9.17) is 4.74 Å². The summed E-state index contributed by atoms with van der Waals surface area (Å²) in [4.78, 5) is 36.3. The van der Waals surface area contributed by atoms with Crippen LogP contribution in [0.3, 0.4) is 0 Å². The lowest BCUT2D eigenvalue weighted by molar-refractivity contribution is -0.139. The Kier molecular flexibility index (Phi) is 6.44. The molecule has 1 aliphatic carbocycles. The van der Waals surface area contributed by atoms with Crippen LogP contribution in [-0.2, 0) is 27.9 Å². The van der Waals surface area contributed by atoms with Gasteiger partial charge in [0, 0.05) is 31.9 Å². The summed E-state index contributed by atoms with van der Waals surface area (Å²) in [5.74, 6) is -1.92. The predicted molar refractivity (Wildman–Crippen MR) is 122 cm³/mol. The van der Waals surface area contributed by atoms with Gasteiger partial charge in [-0.3, -0.25) is 9.59 Å². The van der Waals surface area contributed by atoms with Crippen molar-refractivity contribution in [3.63, 3.8) is 0 Å². The van der Waals surface area contributed by atoms with Crippen LogP contribution >= 0.6 is 0 Å². The van der Waals surface area contributed by atoms with E-state index < -0.39 is 30.4 Å². The summed E-state index contributed by atoms with van der Waals surface area (Å²) in [6.07, 6.45) is 2.29. The lowest BCUT2D eigenvalue weighted by Gasteiger charge is -2.18. The van der Waals surface area contributed by atoms with E-state index in [-0.39, 0.29) is 19.1 Å². The van der Waals surface area contributed by atoms with E-state index in [1.807, 2.05) is 78.6 Å². The fourth-order valence-electron chi connectivity index (χ4n) is 4.14. The molecule has 3 aromatic rings. The van der Waals surface area contributed by atoms with Gasteiger partial charge in [-0.1, -0.05) is 48.5 Å². The van der Waals surface area contributed by atoms with Gasteiger partial charge in [0.15, 0.2) is 0 Å². The Labute approximate surface area is 191 Å². The standard InChI is InChI=1S/C25H25N3O5/c1-28-11-10-16(14-28)13-26-24(31)22(12-23(29)30)27-25(32)33-15-21-19-8-4-2-6-17(19)18-7-3-5-9-20(18)21/h2-11,14,21-22H,12-13,15H2,1H3,(H,26,31)(H,27,32)(H,29,30). The van der Waals surface area contributed by atoms with Crippen LogP contribution in [0.1, 0.15) is 29.0 Å². The minimum Gasteiger partial charge on any atom is -0.481 e. The van der Waals surface area contributed by atoms with Gasteiger partial charge in [-0.25, -0.2) is 4.79 Å². The summed E-state index contributed by atoms with van der Waals surface area (Å²) in [5.41, 5.74) is 5.20. The number of hydrogen-bond acceptors (Lipinski definition) is 4. The Morgan fingerprint density at radius 2 is 1.67 bits per heavy atom. The average Bonchev–Trinajstić information content (AvgIpc) is 3.36. The first kappa shape index (κ1) is 22.1. The second kappa shape index (κ2) is 9.60. The minimum atomic E-state index is -1.25. The lowest BCUT2D eigenvalue weighted by Crippen LogP contribution is -2.48. The maximum absolute atomic E-state index is 12.5. The molecule has 1 unspecified atom stereocenters. The van der Waals surface area contributed by atoms with Crippen LogP contribution < -0.4 is 10.6 Å². The number of carbonyl (C=O) groups is 3. The fraction of sp³-hybridized carbons (Fsp3) is 0.240. The summed E-state index contributed by atoms with van der Waals surface area (Å²) < 4.78 is 7.28. The minimum absolute atomic E-state index is 0.0747. The molecule has 1 aromatic heterocycles. The number of carbonyl (C=O) groups excluding carboxylic acids is 2. The van der Waals surface area contributed by atoms with Gasteiger partial charge in [-0.05, 0) is 33.9 Å². The van der Waals surface area contributed by atoms with Crippen molar-refractivity contribution in [1.29, 1.82) is 0 Å². The van der Waals surface area contributed by atoms with Crippen molar-refractivity contribution in [2.45, 2.75) is 24.9 Å². The van der Waals surface area contributed by atoms with Crippen molar-refractivity contribution in [3.05, 3.63) is 83.7 Å². The van der Waals surface area contributed by atoms with Crippen molar-refractivity contribution in [2.75, 3.05) is 6.61 Å². The summed E-state index contributed by atoms with van der Waals surface area (Å²) >= 11 is 0. The topological polar surface area (TPSA) is 110 Å². The van der Waals surface area contributed by atoms with Crippen LogP contribution in [0.5, 0.6) is 0 Å². The molecule has 0 fully saturated rings. The fourth-order valence-corrected chi connectivity index (χ4v) is 4.14. The second-order valence-corrected chi connectivity index (χ2v) is 8.02. The number of amides is 2. The van der Waals surface area contributed by atoms with Gasteiger partial charge in [0.25, 0.3) is 0 Å². The quantitative estimate of drug-likeness (QED) is 0.492. The number of aromatic nitrogens is 1. The van der Waals surface area contributed by atoms with Crippen LogP contribution in [0, 0.1) is 0 Å². The smallest absolute Gasteiger partial charge is 0.407 e. The van der Waals surface area contributed by atoms with Crippen molar-refractivity contribution in [2.24, 2.45) is 7.05 Å². The molecule has 4 rings (SSSR count). The summed E-state index contributed by atoms with van der Waals surface area (Å²) in [6.45, 7) is 0.299. The van der Waals surface area contributed by atoms with Crippen LogP contribution in [0.4, 0.5) is 4.79 Å². The van der Waals surface area contributed by atoms with Gasteiger partial charge in [0.2, 0.25) is 5.91 Å². The number of nitrogens with one attached hydrogen (secondary N) is 2. The third-order valence-corrected chi connectivity index (χ3v) is 5.69. The highest BCUT2D eigenvalue weighted by molar-refractivity contribution is 5.89. The predicted octanol–water partition coefficient (Wildman–Crippen LogP) is 3.02. The average molecular weight is 447 g/mol. The van der Waals surface area contributed by atoms with Crippen molar-refractivity contribution in [1.82, 2.24) is 15.2 Å². The second-order valence-electron chi connectivity index (χ2n) is 8.02. The van der Waals surface area contributed by atoms with Crippen molar-refractivity contribution < 1.29 is 24.2 Å². The first-order valence-corrected chi connectivity index (χ1v) is 10.6. The Morgan fingerprint density at radius 1 is 1.03 bits per heavy atom. The maximum Gasteiger partial charge on any atom is 0.407 e. The number of carboxylic acids is 1. The normalized spacial score (nSPS) is 13.0. The Bertz CT molecular complexity index is 1140. The number of ether oxygens (including phenoxy) is 1. The van der Waals surface area contributed by atoms with Gasteiger partial charge in [0.05, 0.1) is 6.42 Å². The highest BCUT2D eigenvalue weighted by Crippen LogP contribution is 2.44. The zero-order valence-corrected chi connectivity index (χ0v) is 18.2. The molecule has 2 aromatic carbocycles. The Balaban J connectivity index is 1.38. The molecule has 0 radical (unpaired) electrons. The molecule has 1 atom stereocenters. The molecule has 0 aliphatic heterocycles. The molecular formula is C25H25N3O5. The third kappa shape index (κ3) is 5.06. The maximum atomic E-state index is 12.5. The number of rotatable bonds is 8. The van der Waals surface area contributed by atoms with Gasteiger partial charge in [-0.15, -0.1) is 0 Å². The number of nitrogens with zero attached hydrogens (tertiary/aromatic N) is 1. The molecule has 0 spiro atoms. The van der Waals surface area contributed by atoms with E-state index in [0.717, 1.165) is 27.8 Å². The van der Waals surface area contributed by atoms with Gasteiger partial charge >= 0.3 is 12.1 Å². The highest BCUT2D eigenvalue weighted by atomic mass is 16.5. The van der Waals surface area contributed by atoms with Crippen LogP contribution in [0.15, 0.2) is 67.0 Å². The van der Waals surface area contributed by atoms with Crippen LogP contribution in [-0.4, -0.2) is 40.3 Å². The van der Waals surface area contributed by atoms with E-state index in [2.05, 4.69) is 10.6 Å². The van der Waals surface area contributed by atoms with E-state index in [9.17, 15) is 19.5 Å². The SMILES string of the molecule is Cn1ccc(CNC(=O)C(CC(=O)O)NC(=O)OCC2c3ccccc3-c3ccccc32)c1. The number of hydrogen-bond donors (Lipinski definition) is 3. The number of alkyl carbamates (subject to hydrolysis) is 1. The van der Waals surface area contributed by atoms with E-state index >= 15 is 0 Å². The van der Waals surface area contributed by atoms with Gasteiger partial charge < -0.3 is 25.0 Å². The van der Waals surface area contributed by atoms with E-state index in [1.54, 1.807) is 0 Å². The molecule has 8 heteroatoms. The molecule has 0 saturated carbocycles. The van der Waals surface area contributed by atoms with Crippen LogP contribution in [0.2, 0.25) is 0 Å². The van der Waals surface area contributed by atoms with E-state index in [1.165, 1.54) is 0 Å². The van der Waals surface area contributed by atoms with Crippen LogP contribution in [0.25, 0.3) is 11.1 Å². The van der Waals surface area contributed by atoms with Crippen molar-refractivity contribution >= 4 is 18.0 Å². The highest BCUT2D eigenvalue weighted by Gasteiger charge is 2.30. The van der Waals surface area contributed by atoms with Gasteiger partial charge in [-0.2, -0.15) is 0 Å². The molecular weight excluding hydrogens is 422 g/mol. The number of aryl methyl sites for hydroxylation is 1. The molecule has 0 saturated heterocycles. The lowest BCUT2D eigenvalue weighted by atomic mass is 9.98.